The van der Waals surface area contributed by atoms with Crippen molar-refractivity contribution in [2.45, 2.75) is 31.3 Å². The highest BCUT2D eigenvalue weighted by Gasteiger charge is 2.32. The van der Waals surface area contributed by atoms with E-state index in [1.54, 1.807) is 12.1 Å². The predicted octanol–water partition coefficient (Wildman–Crippen LogP) is 6.83. The van der Waals surface area contributed by atoms with E-state index in [9.17, 15) is 5.11 Å². The zero-order valence-corrected chi connectivity index (χ0v) is 17.4. The van der Waals surface area contributed by atoms with Gasteiger partial charge in [-0.2, -0.15) is 0 Å². The summed E-state index contributed by atoms with van der Waals surface area (Å²) in [5, 5.41) is 9.81. The highest BCUT2D eigenvalue weighted by Crippen LogP contribution is 2.47. The Balaban J connectivity index is 1.48. The van der Waals surface area contributed by atoms with Crippen LogP contribution in [0.4, 0.5) is 0 Å². The van der Waals surface area contributed by atoms with Crippen molar-refractivity contribution in [2.75, 3.05) is 0 Å². The molecule has 0 aromatic heterocycles. The van der Waals surface area contributed by atoms with Crippen LogP contribution in [0.3, 0.4) is 0 Å². The number of hydrogen-bond donors (Lipinski definition) is 1. The van der Waals surface area contributed by atoms with Gasteiger partial charge in [-0.05, 0) is 70.8 Å². The number of phenols is 1. The summed E-state index contributed by atoms with van der Waals surface area (Å²) in [5.74, 6) is 1.90. The molecule has 1 aliphatic rings. The van der Waals surface area contributed by atoms with Crippen molar-refractivity contribution in [1.82, 2.24) is 0 Å². The highest BCUT2D eigenvalue weighted by molar-refractivity contribution is 5.48. The Morgan fingerprint density at radius 2 is 1.45 bits per heavy atom. The quantitative estimate of drug-likeness (QED) is 0.393. The van der Waals surface area contributed by atoms with Crippen LogP contribution in [0.15, 0.2) is 103 Å². The van der Waals surface area contributed by atoms with Gasteiger partial charge in [0.15, 0.2) is 0 Å². The standard InChI is InChI=1S/C29H26O2/c30-25-14-11-23(12-15-25)29-27(22-9-5-2-6-10-22)17-13-24-19-26(16-18-28(24)29)31-20-21-7-3-1-4-8-21/h1-12,14-16,18-19,27,29-30H,13,17,20H2/t27-,29+/m1/s1. The Labute approximate surface area is 183 Å². The molecule has 0 amide bonds. The topological polar surface area (TPSA) is 29.5 Å². The van der Waals surface area contributed by atoms with Gasteiger partial charge in [0.25, 0.3) is 0 Å². The van der Waals surface area contributed by atoms with E-state index in [2.05, 4.69) is 72.8 Å². The molecule has 4 aromatic rings. The average Bonchev–Trinajstić information content (AvgIpc) is 2.84. The van der Waals surface area contributed by atoms with Crippen LogP contribution in [-0.4, -0.2) is 5.11 Å². The van der Waals surface area contributed by atoms with Gasteiger partial charge in [0.2, 0.25) is 0 Å². The lowest BCUT2D eigenvalue weighted by Crippen LogP contribution is -2.20. The number of aromatic hydroxyl groups is 1. The Hall–Kier alpha value is -3.52. The molecule has 0 spiro atoms. The fourth-order valence-corrected chi connectivity index (χ4v) is 4.78. The van der Waals surface area contributed by atoms with Gasteiger partial charge in [0.1, 0.15) is 18.1 Å². The predicted molar refractivity (Wildman–Crippen MR) is 125 cm³/mol. The number of benzene rings is 4. The summed E-state index contributed by atoms with van der Waals surface area (Å²) < 4.78 is 6.09. The van der Waals surface area contributed by atoms with Crippen molar-refractivity contribution in [3.05, 3.63) is 131 Å². The lowest BCUT2D eigenvalue weighted by atomic mass is 9.69. The van der Waals surface area contributed by atoms with Gasteiger partial charge in [-0.25, -0.2) is 0 Å². The van der Waals surface area contributed by atoms with Crippen LogP contribution < -0.4 is 4.74 Å². The minimum atomic E-state index is 0.259. The van der Waals surface area contributed by atoms with E-state index in [0.29, 0.717) is 18.3 Å². The van der Waals surface area contributed by atoms with E-state index in [1.165, 1.54) is 27.8 Å². The summed E-state index contributed by atoms with van der Waals surface area (Å²) in [6.45, 7) is 0.577. The van der Waals surface area contributed by atoms with Gasteiger partial charge in [0.05, 0.1) is 0 Å². The molecule has 154 valence electrons. The monoisotopic (exact) mass is 406 g/mol. The summed E-state index contributed by atoms with van der Waals surface area (Å²) in [6.07, 6.45) is 2.12. The first-order valence-electron chi connectivity index (χ1n) is 10.9. The first kappa shape index (κ1) is 19.4. The molecule has 1 aliphatic carbocycles. The van der Waals surface area contributed by atoms with Gasteiger partial charge in [0, 0.05) is 5.92 Å². The normalized spacial score (nSPS) is 17.7. The molecule has 0 bridgehead atoms. The molecule has 1 N–H and O–H groups in total. The third kappa shape index (κ3) is 4.20. The maximum Gasteiger partial charge on any atom is 0.120 e. The number of phenolic OH excluding ortho intramolecular Hbond substituents is 1. The van der Waals surface area contributed by atoms with Gasteiger partial charge in [-0.3, -0.25) is 0 Å². The summed E-state index contributed by atoms with van der Waals surface area (Å²) in [4.78, 5) is 0. The fraction of sp³-hybridized carbons (Fsp3) is 0.172. The second-order valence-corrected chi connectivity index (χ2v) is 8.26. The van der Waals surface area contributed by atoms with Gasteiger partial charge in [-0.15, -0.1) is 0 Å². The lowest BCUT2D eigenvalue weighted by Gasteiger charge is -2.35. The molecule has 0 aliphatic heterocycles. The van der Waals surface area contributed by atoms with Crippen molar-refractivity contribution < 1.29 is 9.84 Å². The van der Waals surface area contributed by atoms with E-state index in [1.807, 2.05) is 18.2 Å². The molecule has 0 fully saturated rings. The van der Waals surface area contributed by atoms with E-state index < -0.39 is 0 Å². The number of aryl methyl sites for hydroxylation is 1. The summed E-state index contributed by atoms with van der Waals surface area (Å²) >= 11 is 0. The first-order chi connectivity index (χ1) is 15.3. The van der Waals surface area contributed by atoms with Gasteiger partial charge in [-0.1, -0.05) is 78.9 Å². The first-order valence-corrected chi connectivity index (χ1v) is 10.9. The highest BCUT2D eigenvalue weighted by atomic mass is 16.5. The molecule has 31 heavy (non-hydrogen) atoms. The van der Waals surface area contributed by atoms with Crippen LogP contribution in [0.25, 0.3) is 0 Å². The number of hydrogen-bond acceptors (Lipinski definition) is 2. The van der Waals surface area contributed by atoms with Gasteiger partial charge < -0.3 is 9.84 Å². The van der Waals surface area contributed by atoms with E-state index >= 15 is 0 Å². The molecular weight excluding hydrogens is 380 g/mol. The Bertz CT molecular complexity index is 1130. The summed E-state index contributed by atoms with van der Waals surface area (Å²) in [5.41, 5.74) is 6.50. The van der Waals surface area contributed by atoms with E-state index in [-0.39, 0.29) is 5.92 Å². The van der Waals surface area contributed by atoms with E-state index in [0.717, 1.165) is 18.6 Å². The van der Waals surface area contributed by atoms with E-state index in [4.69, 9.17) is 4.74 Å². The Morgan fingerprint density at radius 1 is 0.742 bits per heavy atom. The zero-order chi connectivity index (χ0) is 21.0. The molecule has 0 radical (unpaired) electrons. The van der Waals surface area contributed by atoms with Crippen LogP contribution in [0.1, 0.15) is 46.1 Å². The summed E-state index contributed by atoms with van der Waals surface area (Å²) in [6, 6.07) is 35.3. The molecule has 2 heteroatoms. The SMILES string of the molecule is Oc1ccc([C@@H]2c3ccc(OCc4ccccc4)cc3CC[C@@H]2c2ccccc2)cc1. The molecule has 2 atom stereocenters. The maximum atomic E-state index is 9.81. The third-order valence-corrected chi connectivity index (χ3v) is 6.30. The second-order valence-electron chi connectivity index (χ2n) is 8.26. The van der Waals surface area contributed by atoms with Crippen molar-refractivity contribution >= 4 is 0 Å². The van der Waals surface area contributed by atoms with Crippen molar-refractivity contribution in [3.8, 4) is 11.5 Å². The minimum absolute atomic E-state index is 0.259. The smallest absolute Gasteiger partial charge is 0.120 e. The minimum Gasteiger partial charge on any atom is -0.508 e. The van der Waals surface area contributed by atoms with Crippen LogP contribution >= 0.6 is 0 Å². The largest absolute Gasteiger partial charge is 0.508 e. The number of ether oxygens (including phenoxy) is 1. The number of rotatable bonds is 5. The summed E-state index contributed by atoms with van der Waals surface area (Å²) in [7, 11) is 0. The molecule has 4 aromatic carbocycles. The molecule has 2 nitrogen and oxygen atoms in total. The van der Waals surface area contributed by atoms with Crippen LogP contribution in [-0.2, 0) is 13.0 Å². The van der Waals surface area contributed by atoms with Gasteiger partial charge >= 0.3 is 0 Å². The van der Waals surface area contributed by atoms with Crippen LogP contribution in [0, 0.1) is 0 Å². The molecule has 0 saturated heterocycles. The maximum absolute atomic E-state index is 9.81. The molecule has 5 rings (SSSR count). The average molecular weight is 407 g/mol. The second kappa shape index (κ2) is 8.69. The van der Waals surface area contributed by atoms with Crippen LogP contribution in [0.2, 0.25) is 0 Å². The van der Waals surface area contributed by atoms with Crippen molar-refractivity contribution in [1.29, 1.82) is 0 Å². The third-order valence-electron chi connectivity index (χ3n) is 6.30. The Kier molecular flexibility index (Phi) is 5.45. The molecular formula is C29H26O2. The van der Waals surface area contributed by atoms with Crippen molar-refractivity contribution in [3.63, 3.8) is 0 Å². The molecule has 0 saturated carbocycles. The number of fused-ring (bicyclic) bond motifs is 1. The zero-order valence-electron chi connectivity index (χ0n) is 17.4. The lowest BCUT2D eigenvalue weighted by molar-refractivity contribution is 0.305. The van der Waals surface area contributed by atoms with Crippen molar-refractivity contribution in [2.24, 2.45) is 0 Å². The molecule has 0 heterocycles. The fourth-order valence-electron chi connectivity index (χ4n) is 4.78. The Morgan fingerprint density at radius 3 is 2.19 bits per heavy atom. The van der Waals surface area contributed by atoms with Crippen LogP contribution in [0.5, 0.6) is 11.5 Å². The molecule has 0 unspecified atom stereocenters.